The molecule has 76 valence electrons. The molecule has 0 saturated carbocycles. The highest BCUT2D eigenvalue weighted by atomic mass is 16.6. The molecule has 1 aromatic rings. The monoisotopic (exact) mass is 200 g/mol. The molecule has 0 aliphatic carbocycles. The maximum Gasteiger partial charge on any atom is 0.375 e. The molecular weight excluding hydrogens is 192 g/mol. The minimum Gasteiger partial charge on any atom is -0.490 e. The summed E-state index contributed by atoms with van der Waals surface area (Å²) < 4.78 is 4.66. The van der Waals surface area contributed by atoms with Crippen LogP contribution >= 0.6 is 0 Å². The predicted octanol–water partition coefficient (Wildman–Crippen LogP) is -0.216. The minimum absolute atomic E-state index is 0.164. The number of aliphatic hydroxyl groups excluding tert-OH is 1. The lowest BCUT2D eigenvalue weighted by atomic mass is 10.3. The fourth-order valence-corrected chi connectivity index (χ4v) is 0.993. The molecule has 7 nitrogen and oxygen atoms in total. The van der Waals surface area contributed by atoms with Gasteiger partial charge in [0.25, 0.3) is 0 Å². The number of rotatable bonds is 3. The van der Waals surface area contributed by atoms with Crippen LogP contribution in [0.15, 0.2) is 10.9 Å². The molecule has 7 heteroatoms. The summed E-state index contributed by atoms with van der Waals surface area (Å²) in [7, 11) is 1.21. The maximum atomic E-state index is 11.1. The molecule has 0 bridgehead atoms. The van der Waals surface area contributed by atoms with Gasteiger partial charge < -0.3 is 14.8 Å². The van der Waals surface area contributed by atoms with E-state index in [9.17, 15) is 14.9 Å². The van der Waals surface area contributed by atoms with Crippen LogP contribution in [0.3, 0.4) is 0 Å². The van der Waals surface area contributed by atoms with Crippen molar-refractivity contribution in [3.63, 3.8) is 0 Å². The largest absolute Gasteiger partial charge is 0.490 e. The summed E-state index contributed by atoms with van der Waals surface area (Å²) in [6, 6.07) is 1.21. The van der Waals surface area contributed by atoms with Gasteiger partial charge in [0.1, 0.15) is 0 Å². The molecule has 0 fully saturated rings. The number of nitrogens with one attached hydrogen (secondary N) is 1. The summed E-state index contributed by atoms with van der Waals surface area (Å²) in [4.78, 5) is 22.9. The molecule has 0 unspecified atom stereocenters. The van der Waals surface area contributed by atoms with Crippen LogP contribution in [0.2, 0.25) is 0 Å². The van der Waals surface area contributed by atoms with Gasteiger partial charge in [0.05, 0.1) is 18.6 Å². The Bertz CT molecular complexity index is 411. The second-order valence-corrected chi connectivity index (χ2v) is 2.46. The highest BCUT2D eigenvalue weighted by Crippen LogP contribution is 2.21. The van der Waals surface area contributed by atoms with E-state index in [0.29, 0.717) is 0 Å². The lowest BCUT2D eigenvalue weighted by Gasteiger charge is -2.02. The molecule has 0 aliphatic heterocycles. The van der Waals surface area contributed by atoms with Gasteiger partial charge in [-0.2, -0.15) is 0 Å². The van der Waals surface area contributed by atoms with Gasteiger partial charge in [-0.3, -0.25) is 14.9 Å². The van der Waals surface area contributed by atoms with Crippen LogP contribution in [-0.4, -0.2) is 22.1 Å². The Labute approximate surface area is 78.1 Å². The van der Waals surface area contributed by atoms with Gasteiger partial charge in [0.2, 0.25) is 5.75 Å². The van der Waals surface area contributed by atoms with E-state index >= 15 is 0 Å². The van der Waals surface area contributed by atoms with Crippen molar-refractivity contribution < 1.29 is 14.8 Å². The number of pyridine rings is 1. The minimum atomic E-state index is -0.890. The van der Waals surface area contributed by atoms with Gasteiger partial charge in [0, 0.05) is 11.8 Å². The normalized spacial score (nSPS) is 9.86. The number of aromatic nitrogens is 1. The standard InChI is InChI=1S/C7H8N2O5/c1-14-5-2-4(3-10)8-7(11)6(5)9(12)13/h2,10H,3H2,1H3,(H,8,11). The van der Waals surface area contributed by atoms with Crippen LogP contribution in [-0.2, 0) is 6.61 Å². The van der Waals surface area contributed by atoms with Crippen molar-refractivity contribution in [2.45, 2.75) is 6.61 Å². The molecule has 1 heterocycles. The summed E-state index contributed by atoms with van der Waals surface area (Å²) in [5, 5.41) is 19.2. The van der Waals surface area contributed by atoms with E-state index in [0.717, 1.165) is 0 Å². The Balaban J connectivity index is 3.43. The predicted molar refractivity (Wildman–Crippen MR) is 46.2 cm³/mol. The smallest absolute Gasteiger partial charge is 0.375 e. The van der Waals surface area contributed by atoms with E-state index < -0.39 is 22.8 Å². The first-order valence-electron chi connectivity index (χ1n) is 3.65. The van der Waals surface area contributed by atoms with Crippen molar-refractivity contribution in [2.75, 3.05) is 7.11 Å². The quantitative estimate of drug-likeness (QED) is 0.518. The number of ether oxygens (including phenoxy) is 1. The highest BCUT2D eigenvalue weighted by Gasteiger charge is 2.20. The van der Waals surface area contributed by atoms with Gasteiger partial charge in [-0.15, -0.1) is 0 Å². The average Bonchev–Trinajstić information content (AvgIpc) is 2.15. The van der Waals surface area contributed by atoms with E-state index in [4.69, 9.17) is 5.11 Å². The fraction of sp³-hybridized carbons (Fsp3) is 0.286. The van der Waals surface area contributed by atoms with Crippen LogP contribution in [0, 0.1) is 10.1 Å². The molecule has 0 radical (unpaired) electrons. The second-order valence-electron chi connectivity index (χ2n) is 2.46. The Hall–Kier alpha value is -1.89. The number of nitrogens with zero attached hydrogens (tertiary/aromatic N) is 1. The molecule has 14 heavy (non-hydrogen) atoms. The number of methoxy groups -OCH3 is 1. The van der Waals surface area contributed by atoms with Crippen LogP contribution in [0.4, 0.5) is 5.69 Å². The maximum absolute atomic E-state index is 11.1. The van der Waals surface area contributed by atoms with Gasteiger partial charge >= 0.3 is 11.2 Å². The van der Waals surface area contributed by atoms with E-state index in [2.05, 4.69) is 9.72 Å². The zero-order chi connectivity index (χ0) is 10.7. The van der Waals surface area contributed by atoms with E-state index in [-0.39, 0.29) is 11.4 Å². The van der Waals surface area contributed by atoms with Crippen molar-refractivity contribution in [3.05, 3.63) is 32.2 Å². The molecule has 1 aromatic heterocycles. The summed E-state index contributed by atoms with van der Waals surface area (Å²) in [5.41, 5.74) is -1.39. The molecular formula is C7H8N2O5. The Kier molecular flexibility index (Phi) is 2.82. The van der Waals surface area contributed by atoms with Crippen molar-refractivity contribution in [1.82, 2.24) is 4.98 Å². The lowest BCUT2D eigenvalue weighted by molar-refractivity contribution is -0.387. The number of nitro groups is 1. The fourth-order valence-electron chi connectivity index (χ4n) is 0.993. The molecule has 0 amide bonds. The number of H-pyrrole nitrogens is 1. The first kappa shape index (κ1) is 10.2. The number of hydrogen-bond acceptors (Lipinski definition) is 5. The average molecular weight is 200 g/mol. The van der Waals surface area contributed by atoms with Crippen LogP contribution in [0.5, 0.6) is 5.75 Å². The highest BCUT2D eigenvalue weighted by molar-refractivity contribution is 5.44. The summed E-state index contributed by atoms with van der Waals surface area (Å²) in [6.45, 7) is -0.413. The van der Waals surface area contributed by atoms with Gasteiger partial charge in [0.15, 0.2) is 0 Å². The third-order valence-corrected chi connectivity index (χ3v) is 1.60. The molecule has 0 spiro atoms. The summed E-state index contributed by atoms with van der Waals surface area (Å²) in [6.07, 6.45) is 0. The van der Waals surface area contributed by atoms with Crippen LogP contribution in [0.1, 0.15) is 5.69 Å². The van der Waals surface area contributed by atoms with Crippen LogP contribution in [0.25, 0.3) is 0 Å². The van der Waals surface area contributed by atoms with E-state index in [1.165, 1.54) is 13.2 Å². The molecule has 0 saturated heterocycles. The first-order chi connectivity index (χ1) is 6.60. The third-order valence-electron chi connectivity index (χ3n) is 1.60. The lowest BCUT2D eigenvalue weighted by Crippen LogP contribution is -2.15. The second kappa shape index (κ2) is 3.88. The SMILES string of the molecule is COc1cc(CO)[nH]c(=O)c1[N+](=O)[O-]. The number of aliphatic hydroxyl groups is 1. The Morgan fingerprint density at radius 2 is 2.36 bits per heavy atom. The zero-order valence-corrected chi connectivity index (χ0v) is 7.31. The molecule has 0 aliphatic rings. The Morgan fingerprint density at radius 1 is 1.71 bits per heavy atom. The van der Waals surface area contributed by atoms with Crippen LogP contribution < -0.4 is 10.3 Å². The van der Waals surface area contributed by atoms with E-state index in [1.807, 2.05) is 0 Å². The number of hydrogen-bond donors (Lipinski definition) is 2. The molecule has 0 aromatic carbocycles. The van der Waals surface area contributed by atoms with Gasteiger partial charge in [-0.1, -0.05) is 0 Å². The van der Waals surface area contributed by atoms with Gasteiger partial charge in [-0.05, 0) is 0 Å². The summed E-state index contributed by atoms with van der Waals surface area (Å²) in [5.74, 6) is -0.164. The van der Waals surface area contributed by atoms with Crippen molar-refractivity contribution in [3.8, 4) is 5.75 Å². The van der Waals surface area contributed by atoms with Crippen molar-refractivity contribution in [2.24, 2.45) is 0 Å². The topological polar surface area (TPSA) is 105 Å². The molecule has 0 atom stereocenters. The van der Waals surface area contributed by atoms with E-state index in [1.54, 1.807) is 0 Å². The summed E-state index contributed by atoms with van der Waals surface area (Å²) >= 11 is 0. The molecule has 1 rings (SSSR count). The molecule has 2 N–H and O–H groups in total. The van der Waals surface area contributed by atoms with Crippen molar-refractivity contribution >= 4 is 5.69 Å². The van der Waals surface area contributed by atoms with Crippen molar-refractivity contribution in [1.29, 1.82) is 0 Å². The van der Waals surface area contributed by atoms with Gasteiger partial charge in [-0.25, -0.2) is 0 Å². The number of aromatic amines is 1. The zero-order valence-electron chi connectivity index (χ0n) is 7.31. The Morgan fingerprint density at radius 3 is 2.79 bits per heavy atom. The third kappa shape index (κ3) is 1.72. The first-order valence-corrected chi connectivity index (χ1v) is 3.65.